The van der Waals surface area contributed by atoms with E-state index in [4.69, 9.17) is 21.4 Å². The molecule has 0 bridgehead atoms. The molecule has 2 heterocycles. The van der Waals surface area contributed by atoms with Crippen LogP contribution in [0.25, 0.3) is 27.2 Å². The SMILES string of the molecule is [C-]#[N+]c1ccc(-c2nc(N3CCC(NC)CC3)[nH]c(=O)c2-c2ccc(OCCO)cc2)cc1. The molecule has 3 N–H and O–H groups in total. The van der Waals surface area contributed by atoms with Crippen LogP contribution in [0.2, 0.25) is 0 Å². The first-order valence-electron chi connectivity index (χ1n) is 11.0. The van der Waals surface area contributed by atoms with Gasteiger partial charge in [0.15, 0.2) is 5.69 Å². The van der Waals surface area contributed by atoms with Crippen molar-refractivity contribution in [3.8, 4) is 28.1 Å². The van der Waals surface area contributed by atoms with E-state index in [-0.39, 0.29) is 18.8 Å². The topological polar surface area (TPSA) is 94.8 Å². The number of H-pyrrole nitrogens is 1. The Morgan fingerprint density at radius 1 is 1.15 bits per heavy atom. The smallest absolute Gasteiger partial charge is 0.260 e. The third kappa shape index (κ3) is 5.06. The molecule has 0 unspecified atom stereocenters. The second-order valence-corrected chi connectivity index (χ2v) is 7.92. The molecule has 0 spiro atoms. The van der Waals surface area contributed by atoms with Crippen LogP contribution >= 0.6 is 0 Å². The predicted molar refractivity (Wildman–Crippen MR) is 129 cm³/mol. The number of aromatic amines is 1. The Kier molecular flexibility index (Phi) is 7.03. The second-order valence-electron chi connectivity index (χ2n) is 7.92. The number of piperidine rings is 1. The molecular formula is C25H27N5O3. The van der Waals surface area contributed by atoms with Crippen molar-refractivity contribution in [1.29, 1.82) is 0 Å². The van der Waals surface area contributed by atoms with Crippen LogP contribution < -0.4 is 20.5 Å². The third-order valence-corrected chi connectivity index (χ3v) is 5.88. The lowest BCUT2D eigenvalue weighted by atomic mass is 10.00. The zero-order valence-electron chi connectivity index (χ0n) is 18.5. The van der Waals surface area contributed by atoms with Gasteiger partial charge < -0.3 is 20.1 Å². The summed E-state index contributed by atoms with van der Waals surface area (Å²) < 4.78 is 5.44. The van der Waals surface area contributed by atoms with Gasteiger partial charge in [-0.15, -0.1) is 0 Å². The van der Waals surface area contributed by atoms with Crippen molar-refractivity contribution in [2.24, 2.45) is 0 Å². The summed E-state index contributed by atoms with van der Waals surface area (Å²) in [4.78, 5) is 26.8. The second kappa shape index (κ2) is 10.3. The van der Waals surface area contributed by atoms with Crippen molar-refractivity contribution in [3.05, 3.63) is 70.3 Å². The number of hydrogen-bond acceptors (Lipinski definition) is 6. The van der Waals surface area contributed by atoms with Gasteiger partial charge >= 0.3 is 0 Å². The maximum Gasteiger partial charge on any atom is 0.260 e. The standard InChI is InChI=1S/C25H27N5O3/c1-26-19-7-3-18(4-8-19)23-22(17-5-9-21(10-6-17)33-16-15-31)24(32)29-25(28-23)30-13-11-20(27-2)12-14-30/h3-10,20,27,31H,11-16H2,2H3,(H,28,29,32). The Labute approximate surface area is 192 Å². The van der Waals surface area contributed by atoms with Gasteiger partial charge in [0.1, 0.15) is 12.4 Å². The summed E-state index contributed by atoms with van der Waals surface area (Å²) in [6, 6.07) is 14.8. The van der Waals surface area contributed by atoms with Gasteiger partial charge in [0, 0.05) is 19.1 Å². The molecule has 0 aliphatic carbocycles. The first-order chi connectivity index (χ1) is 16.1. The van der Waals surface area contributed by atoms with Crippen LogP contribution in [0.4, 0.5) is 11.6 Å². The quantitative estimate of drug-likeness (QED) is 0.484. The number of aromatic nitrogens is 2. The van der Waals surface area contributed by atoms with Gasteiger partial charge in [0.25, 0.3) is 5.56 Å². The van der Waals surface area contributed by atoms with Crippen molar-refractivity contribution in [3.63, 3.8) is 0 Å². The van der Waals surface area contributed by atoms with Crippen LogP contribution in [-0.4, -0.2) is 54.5 Å². The number of benzene rings is 2. The molecule has 0 amide bonds. The monoisotopic (exact) mass is 445 g/mol. The summed E-state index contributed by atoms with van der Waals surface area (Å²) in [6.45, 7) is 8.97. The van der Waals surface area contributed by atoms with Crippen LogP contribution in [0.5, 0.6) is 5.75 Å². The lowest BCUT2D eigenvalue weighted by molar-refractivity contribution is 0.201. The van der Waals surface area contributed by atoms with Crippen LogP contribution in [0, 0.1) is 6.57 Å². The Hall–Kier alpha value is -3.67. The number of hydrogen-bond donors (Lipinski definition) is 3. The molecule has 0 saturated carbocycles. The highest BCUT2D eigenvalue weighted by Crippen LogP contribution is 2.31. The minimum Gasteiger partial charge on any atom is -0.491 e. The molecule has 1 aromatic heterocycles. The van der Waals surface area contributed by atoms with E-state index in [0.29, 0.717) is 40.2 Å². The van der Waals surface area contributed by atoms with Crippen molar-refractivity contribution in [1.82, 2.24) is 15.3 Å². The molecule has 4 rings (SSSR count). The van der Waals surface area contributed by atoms with Crippen molar-refractivity contribution < 1.29 is 9.84 Å². The number of nitrogens with one attached hydrogen (secondary N) is 2. The molecule has 1 fully saturated rings. The summed E-state index contributed by atoms with van der Waals surface area (Å²) in [5.41, 5.74) is 2.84. The number of nitrogens with zero attached hydrogens (tertiary/aromatic N) is 3. The van der Waals surface area contributed by atoms with Crippen molar-refractivity contribution in [2.75, 3.05) is 38.3 Å². The minimum atomic E-state index is -0.218. The largest absolute Gasteiger partial charge is 0.491 e. The van der Waals surface area contributed by atoms with Gasteiger partial charge in [-0.1, -0.05) is 36.4 Å². The van der Waals surface area contributed by atoms with E-state index in [1.807, 2.05) is 31.3 Å². The van der Waals surface area contributed by atoms with E-state index < -0.39 is 0 Å². The zero-order valence-corrected chi connectivity index (χ0v) is 18.5. The molecule has 8 heteroatoms. The van der Waals surface area contributed by atoms with Crippen LogP contribution in [-0.2, 0) is 0 Å². The lowest BCUT2D eigenvalue weighted by Gasteiger charge is -2.32. The van der Waals surface area contributed by atoms with Gasteiger partial charge in [-0.25, -0.2) is 9.83 Å². The number of ether oxygens (including phenoxy) is 1. The normalized spacial score (nSPS) is 14.2. The molecule has 170 valence electrons. The highest BCUT2D eigenvalue weighted by molar-refractivity contribution is 5.81. The number of aliphatic hydroxyl groups is 1. The maximum atomic E-state index is 13.3. The molecule has 1 saturated heterocycles. The molecule has 2 aromatic carbocycles. The molecule has 0 atom stereocenters. The maximum absolute atomic E-state index is 13.3. The lowest BCUT2D eigenvalue weighted by Crippen LogP contribution is -2.42. The minimum absolute atomic E-state index is 0.0664. The Morgan fingerprint density at radius 2 is 1.82 bits per heavy atom. The summed E-state index contributed by atoms with van der Waals surface area (Å²) in [7, 11) is 1.97. The molecule has 3 aromatic rings. The molecule has 33 heavy (non-hydrogen) atoms. The van der Waals surface area contributed by atoms with E-state index in [9.17, 15) is 4.79 Å². The summed E-state index contributed by atoms with van der Waals surface area (Å²) in [5, 5.41) is 12.3. The number of anilines is 1. The van der Waals surface area contributed by atoms with Crippen LogP contribution in [0.1, 0.15) is 12.8 Å². The molecule has 0 radical (unpaired) electrons. The van der Waals surface area contributed by atoms with Gasteiger partial charge in [0.05, 0.1) is 24.4 Å². The van der Waals surface area contributed by atoms with Crippen LogP contribution in [0.3, 0.4) is 0 Å². The fourth-order valence-corrected chi connectivity index (χ4v) is 4.04. The Morgan fingerprint density at radius 3 is 2.42 bits per heavy atom. The van der Waals surface area contributed by atoms with Crippen molar-refractivity contribution in [2.45, 2.75) is 18.9 Å². The Balaban J connectivity index is 1.76. The molecule has 8 nitrogen and oxygen atoms in total. The molecule has 1 aliphatic rings. The summed E-state index contributed by atoms with van der Waals surface area (Å²) in [5.74, 6) is 1.18. The fraction of sp³-hybridized carbons (Fsp3) is 0.320. The van der Waals surface area contributed by atoms with E-state index in [2.05, 4.69) is 20.0 Å². The Bertz CT molecular complexity index is 1170. The van der Waals surface area contributed by atoms with Gasteiger partial charge in [-0.3, -0.25) is 9.78 Å². The highest BCUT2D eigenvalue weighted by Gasteiger charge is 2.22. The van der Waals surface area contributed by atoms with E-state index in [0.717, 1.165) is 31.5 Å². The van der Waals surface area contributed by atoms with Crippen LogP contribution in [0.15, 0.2) is 53.3 Å². The number of aliphatic hydroxyl groups excluding tert-OH is 1. The van der Waals surface area contributed by atoms with Gasteiger partial charge in [-0.2, -0.15) is 0 Å². The fourth-order valence-electron chi connectivity index (χ4n) is 4.04. The van der Waals surface area contributed by atoms with Gasteiger partial charge in [0.2, 0.25) is 5.95 Å². The predicted octanol–water partition coefficient (Wildman–Crippen LogP) is 3.21. The number of rotatable bonds is 7. The van der Waals surface area contributed by atoms with E-state index >= 15 is 0 Å². The third-order valence-electron chi connectivity index (χ3n) is 5.88. The van der Waals surface area contributed by atoms with Gasteiger partial charge in [-0.05, 0) is 43.1 Å². The average molecular weight is 446 g/mol. The summed E-state index contributed by atoms with van der Waals surface area (Å²) in [6.07, 6.45) is 1.96. The van der Waals surface area contributed by atoms with Crippen molar-refractivity contribution >= 4 is 11.6 Å². The average Bonchev–Trinajstić information content (AvgIpc) is 2.87. The molecule has 1 aliphatic heterocycles. The van der Waals surface area contributed by atoms with E-state index in [1.165, 1.54) is 0 Å². The molecular weight excluding hydrogens is 418 g/mol. The first kappa shape index (κ1) is 22.5. The highest BCUT2D eigenvalue weighted by atomic mass is 16.5. The summed E-state index contributed by atoms with van der Waals surface area (Å²) >= 11 is 0. The first-order valence-corrected chi connectivity index (χ1v) is 11.0. The zero-order chi connectivity index (χ0) is 23.2. The van der Waals surface area contributed by atoms with E-state index in [1.54, 1.807) is 24.3 Å².